The fraction of sp³-hybridized carbons (Fsp3) is 0.400. The second kappa shape index (κ2) is 11.5. The molecule has 4 rings (SSSR count). The largest absolute Gasteiger partial charge is 0.497 e. The van der Waals surface area contributed by atoms with E-state index >= 15 is 0 Å². The molecule has 1 amide bonds. The summed E-state index contributed by atoms with van der Waals surface area (Å²) >= 11 is 0. The third-order valence-corrected chi connectivity index (χ3v) is 6.01. The zero-order valence-electron chi connectivity index (χ0n) is 18.8. The van der Waals surface area contributed by atoms with E-state index in [-0.39, 0.29) is 5.91 Å². The average Bonchev–Trinajstić information content (AvgIpc) is 2.79. The summed E-state index contributed by atoms with van der Waals surface area (Å²) in [7, 11) is 1.72. The van der Waals surface area contributed by atoms with Crippen molar-refractivity contribution >= 4 is 23.5 Å². The molecule has 33 heavy (non-hydrogen) atoms. The van der Waals surface area contributed by atoms with Gasteiger partial charge >= 0.3 is 11.9 Å². The highest BCUT2D eigenvalue weighted by Crippen LogP contribution is 2.30. The number of carbonyl (C=O) groups excluding carboxylic acids is 1. The Labute approximate surface area is 193 Å². The zero-order valence-corrected chi connectivity index (χ0v) is 18.8. The summed E-state index contributed by atoms with van der Waals surface area (Å²) in [4.78, 5) is 35.0. The van der Waals surface area contributed by atoms with Gasteiger partial charge in [0.15, 0.2) is 0 Å². The Kier molecular flexibility index (Phi) is 8.43. The molecule has 2 fully saturated rings. The molecule has 2 aromatic carbocycles. The number of carbonyl (C=O) groups is 3. The number of hydrogen-bond donors (Lipinski definition) is 2. The summed E-state index contributed by atoms with van der Waals surface area (Å²) in [5, 5.41) is 14.8. The number of rotatable bonds is 6. The molecule has 2 aliphatic rings. The monoisotopic (exact) mass is 454 g/mol. The highest BCUT2D eigenvalue weighted by molar-refractivity contribution is 6.27. The number of amides is 1. The van der Waals surface area contributed by atoms with Gasteiger partial charge in [0.2, 0.25) is 5.91 Å². The Morgan fingerprint density at radius 1 is 1.03 bits per heavy atom. The van der Waals surface area contributed by atoms with Crippen LogP contribution in [0.2, 0.25) is 0 Å². The summed E-state index contributed by atoms with van der Waals surface area (Å²) in [6.07, 6.45) is 3.80. The Bertz CT molecular complexity index is 974. The van der Waals surface area contributed by atoms with Crippen LogP contribution in [0.1, 0.15) is 36.3 Å². The fourth-order valence-corrected chi connectivity index (χ4v) is 4.18. The maximum Gasteiger partial charge on any atom is 0.414 e. The molecule has 8 nitrogen and oxygen atoms in total. The predicted octanol–water partition coefficient (Wildman–Crippen LogP) is 3.01. The van der Waals surface area contributed by atoms with Crippen molar-refractivity contribution in [1.82, 2.24) is 4.90 Å². The highest BCUT2D eigenvalue weighted by atomic mass is 16.5. The third-order valence-electron chi connectivity index (χ3n) is 6.01. The van der Waals surface area contributed by atoms with Gasteiger partial charge in [-0.25, -0.2) is 9.59 Å². The topological polar surface area (TPSA) is 107 Å². The fourth-order valence-electron chi connectivity index (χ4n) is 4.18. The number of likely N-dealkylation sites (tertiary alicyclic amines) is 1. The number of methoxy groups -OCH3 is 1. The van der Waals surface area contributed by atoms with Crippen molar-refractivity contribution < 1.29 is 29.3 Å². The minimum Gasteiger partial charge on any atom is -0.497 e. The number of para-hydroxylation sites is 1. The maximum atomic E-state index is 12.3. The predicted molar refractivity (Wildman–Crippen MR) is 124 cm³/mol. The van der Waals surface area contributed by atoms with Gasteiger partial charge in [-0.15, -0.1) is 0 Å². The van der Waals surface area contributed by atoms with E-state index in [9.17, 15) is 4.79 Å². The van der Waals surface area contributed by atoms with E-state index < -0.39 is 11.9 Å². The number of nitrogens with zero attached hydrogens (tertiary/aromatic N) is 2. The zero-order chi connectivity index (χ0) is 23.8. The van der Waals surface area contributed by atoms with Crippen molar-refractivity contribution in [3.63, 3.8) is 0 Å². The molecule has 2 heterocycles. The first-order chi connectivity index (χ1) is 15.9. The average molecular weight is 455 g/mol. The van der Waals surface area contributed by atoms with Crippen LogP contribution >= 0.6 is 0 Å². The van der Waals surface area contributed by atoms with Crippen LogP contribution < -0.4 is 9.64 Å². The van der Waals surface area contributed by atoms with Crippen LogP contribution in [-0.4, -0.2) is 66.2 Å². The Balaban J connectivity index is 0.000000454. The van der Waals surface area contributed by atoms with Gasteiger partial charge in [-0.05, 0) is 48.6 Å². The van der Waals surface area contributed by atoms with Crippen LogP contribution in [0.5, 0.6) is 5.75 Å². The molecular formula is C25H30N2O6. The van der Waals surface area contributed by atoms with Crippen molar-refractivity contribution in [2.75, 3.05) is 38.2 Å². The molecule has 176 valence electrons. The number of carboxylic acids is 2. The molecular weight excluding hydrogens is 424 g/mol. The molecule has 2 N–H and O–H groups in total. The van der Waals surface area contributed by atoms with Crippen molar-refractivity contribution in [1.29, 1.82) is 0 Å². The number of anilines is 1. The molecule has 0 spiro atoms. The molecule has 0 bridgehead atoms. The van der Waals surface area contributed by atoms with Crippen molar-refractivity contribution in [3.05, 3.63) is 59.7 Å². The minimum absolute atomic E-state index is 0.274. The van der Waals surface area contributed by atoms with Gasteiger partial charge in [0, 0.05) is 44.2 Å². The molecule has 0 aliphatic carbocycles. The SMILES string of the molecule is COc1cccc(C2CN(CCc3ccccc3N3CCCCC3=O)C2)c1.O=C(O)C(=O)O. The molecule has 0 atom stereocenters. The van der Waals surface area contributed by atoms with Crippen molar-refractivity contribution in [2.45, 2.75) is 31.6 Å². The summed E-state index contributed by atoms with van der Waals surface area (Å²) in [5.41, 5.74) is 3.77. The molecule has 0 aromatic heterocycles. The number of carboxylic acid groups (broad SMARTS) is 2. The first-order valence-corrected chi connectivity index (χ1v) is 11.1. The van der Waals surface area contributed by atoms with Gasteiger partial charge in [-0.3, -0.25) is 4.79 Å². The van der Waals surface area contributed by atoms with Crippen molar-refractivity contribution in [2.24, 2.45) is 0 Å². The smallest absolute Gasteiger partial charge is 0.414 e. The molecule has 0 unspecified atom stereocenters. The molecule has 2 aromatic rings. The van der Waals surface area contributed by atoms with E-state index in [1.54, 1.807) is 7.11 Å². The Morgan fingerprint density at radius 2 is 1.76 bits per heavy atom. The van der Waals surface area contributed by atoms with Crippen LogP contribution in [0.25, 0.3) is 0 Å². The van der Waals surface area contributed by atoms with E-state index in [1.165, 1.54) is 11.1 Å². The number of benzene rings is 2. The van der Waals surface area contributed by atoms with Gasteiger partial charge in [-0.2, -0.15) is 0 Å². The lowest BCUT2D eigenvalue weighted by atomic mass is 9.91. The second-order valence-corrected chi connectivity index (χ2v) is 8.22. The second-order valence-electron chi connectivity index (χ2n) is 8.22. The van der Waals surface area contributed by atoms with E-state index in [0.717, 1.165) is 56.9 Å². The van der Waals surface area contributed by atoms with Gasteiger partial charge in [0.05, 0.1) is 7.11 Å². The van der Waals surface area contributed by atoms with Crippen LogP contribution in [-0.2, 0) is 20.8 Å². The molecule has 2 aliphatic heterocycles. The van der Waals surface area contributed by atoms with Crippen LogP contribution in [0.15, 0.2) is 48.5 Å². The quantitative estimate of drug-likeness (QED) is 0.646. The third kappa shape index (κ3) is 6.55. The number of piperidine rings is 1. The first-order valence-electron chi connectivity index (χ1n) is 11.1. The standard InChI is InChI=1S/C23H28N2O2.C2H2O4/c1-27-21-9-6-8-19(15-21)20-16-24(17-20)14-12-18-7-2-3-10-22(18)25-13-5-4-11-23(25)26;3-1(4)2(5)6/h2-3,6-10,15,20H,4-5,11-14,16-17H2,1H3;(H,3,4)(H,5,6). The van der Waals surface area contributed by atoms with E-state index in [2.05, 4.69) is 41.3 Å². The molecule has 8 heteroatoms. The molecule has 0 saturated carbocycles. The van der Waals surface area contributed by atoms with Crippen LogP contribution in [0.4, 0.5) is 5.69 Å². The number of aliphatic carboxylic acids is 2. The Hall–Kier alpha value is -3.39. The summed E-state index contributed by atoms with van der Waals surface area (Å²) in [6.45, 7) is 4.09. The van der Waals surface area contributed by atoms with Gasteiger partial charge < -0.3 is 24.7 Å². The highest BCUT2D eigenvalue weighted by Gasteiger charge is 2.28. The lowest BCUT2D eigenvalue weighted by Gasteiger charge is -2.40. The Morgan fingerprint density at radius 3 is 2.42 bits per heavy atom. The summed E-state index contributed by atoms with van der Waals surface area (Å²) in [6, 6.07) is 16.8. The van der Waals surface area contributed by atoms with Crippen LogP contribution in [0.3, 0.4) is 0 Å². The van der Waals surface area contributed by atoms with Gasteiger partial charge in [0.1, 0.15) is 5.75 Å². The summed E-state index contributed by atoms with van der Waals surface area (Å²) < 4.78 is 5.34. The number of hydrogen-bond acceptors (Lipinski definition) is 5. The lowest BCUT2D eigenvalue weighted by Crippen LogP contribution is -2.45. The van der Waals surface area contributed by atoms with E-state index in [4.69, 9.17) is 24.5 Å². The van der Waals surface area contributed by atoms with Gasteiger partial charge in [-0.1, -0.05) is 30.3 Å². The molecule has 2 saturated heterocycles. The van der Waals surface area contributed by atoms with Gasteiger partial charge in [0.25, 0.3) is 0 Å². The maximum absolute atomic E-state index is 12.3. The summed E-state index contributed by atoms with van der Waals surface area (Å²) in [5.74, 6) is -1.84. The lowest BCUT2D eigenvalue weighted by molar-refractivity contribution is -0.159. The molecule has 0 radical (unpaired) electrons. The van der Waals surface area contributed by atoms with E-state index in [0.29, 0.717) is 12.3 Å². The minimum atomic E-state index is -1.82. The normalized spacial score (nSPS) is 16.4. The number of ether oxygens (including phenoxy) is 1. The van der Waals surface area contributed by atoms with Crippen LogP contribution in [0, 0.1) is 0 Å². The van der Waals surface area contributed by atoms with Crippen molar-refractivity contribution in [3.8, 4) is 5.75 Å². The first kappa shape index (κ1) is 24.3. The van der Waals surface area contributed by atoms with E-state index in [1.807, 2.05) is 17.0 Å².